The Bertz CT molecular complexity index is 1400. The van der Waals surface area contributed by atoms with Crippen LogP contribution < -0.4 is 5.32 Å². The van der Waals surface area contributed by atoms with E-state index in [1.54, 1.807) is 34.0 Å². The fourth-order valence-corrected chi connectivity index (χ4v) is 4.12. The van der Waals surface area contributed by atoms with Crippen LogP contribution in [0.3, 0.4) is 0 Å². The van der Waals surface area contributed by atoms with Crippen molar-refractivity contribution < 1.29 is 13.9 Å². The number of aromatic nitrogens is 6. The SMILES string of the molecule is CCc1c(Nc2cc(-n3ncc4c3CN(C(=O)OC(C)(C)C)C4)ncn2)n[nH]c1-c1ccc(F)cc1. The first-order valence-corrected chi connectivity index (χ1v) is 11.7. The molecule has 11 heteroatoms. The van der Waals surface area contributed by atoms with Crippen LogP contribution in [0.2, 0.25) is 0 Å². The molecule has 0 spiro atoms. The Morgan fingerprint density at radius 3 is 2.69 bits per heavy atom. The van der Waals surface area contributed by atoms with Crippen LogP contribution in [0.15, 0.2) is 42.9 Å². The van der Waals surface area contributed by atoms with E-state index in [9.17, 15) is 9.18 Å². The summed E-state index contributed by atoms with van der Waals surface area (Å²) in [6.07, 6.45) is 3.53. The zero-order valence-corrected chi connectivity index (χ0v) is 20.5. The number of amides is 1. The maximum absolute atomic E-state index is 13.4. The second kappa shape index (κ2) is 9.06. The molecule has 10 nitrogen and oxygen atoms in total. The largest absolute Gasteiger partial charge is 0.444 e. The van der Waals surface area contributed by atoms with Crippen LogP contribution in [0, 0.1) is 5.82 Å². The van der Waals surface area contributed by atoms with Gasteiger partial charge in [-0.25, -0.2) is 23.8 Å². The van der Waals surface area contributed by atoms with Crippen LogP contribution in [0.1, 0.15) is 44.5 Å². The Kier molecular flexibility index (Phi) is 5.91. The average Bonchev–Trinajstić information content (AvgIpc) is 3.53. The fraction of sp³-hybridized carbons (Fsp3) is 0.320. The van der Waals surface area contributed by atoms with Crippen molar-refractivity contribution in [1.29, 1.82) is 0 Å². The van der Waals surface area contributed by atoms with E-state index in [0.29, 0.717) is 37.0 Å². The van der Waals surface area contributed by atoms with Crippen molar-refractivity contribution in [2.24, 2.45) is 0 Å². The van der Waals surface area contributed by atoms with Crippen molar-refractivity contribution >= 4 is 17.7 Å². The highest BCUT2D eigenvalue weighted by Gasteiger charge is 2.31. The van der Waals surface area contributed by atoms with Gasteiger partial charge in [0.25, 0.3) is 0 Å². The van der Waals surface area contributed by atoms with Gasteiger partial charge in [0, 0.05) is 22.8 Å². The number of carbonyl (C=O) groups excluding carboxylic acids is 1. The van der Waals surface area contributed by atoms with E-state index in [-0.39, 0.29) is 11.9 Å². The van der Waals surface area contributed by atoms with Gasteiger partial charge in [-0.2, -0.15) is 10.2 Å². The van der Waals surface area contributed by atoms with E-state index < -0.39 is 5.60 Å². The summed E-state index contributed by atoms with van der Waals surface area (Å²) in [5.41, 5.74) is 3.87. The number of halogens is 1. The smallest absolute Gasteiger partial charge is 0.410 e. The third-order valence-corrected chi connectivity index (χ3v) is 5.78. The van der Waals surface area contributed by atoms with Crippen LogP contribution in [-0.2, 0) is 24.2 Å². The van der Waals surface area contributed by atoms with Gasteiger partial charge in [-0.3, -0.25) is 10.00 Å². The summed E-state index contributed by atoms with van der Waals surface area (Å²) >= 11 is 0. The number of aromatic amines is 1. The first-order valence-electron chi connectivity index (χ1n) is 11.7. The van der Waals surface area contributed by atoms with Gasteiger partial charge in [0.2, 0.25) is 0 Å². The van der Waals surface area contributed by atoms with Crippen molar-refractivity contribution in [3.8, 4) is 17.1 Å². The molecule has 3 aromatic heterocycles. The second-order valence-corrected chi connectivity index (χ2v) is 9.54. The molecule has 186 valence electrons. The molecule has 4 heterocycles. The predicted molar refractivity (Wildman–Crippen MR) is 131 cm³/mol. The lowest BCUT2D eigenvalue weighted by Gasteiger charge is -2.24. The minimum absolute atomic E-state index is 0.289. The highest BCUT2D eigenvalue weighted by Crippen LogP contribution is 2.30. The van der Waals surface area contributed by atoms with Gasteiger partial charge in [-0.1, -0.05) is 6.92 Å². The number of benzene rings is 1. The minimum Gasteiger partial charge on any atom is -0.444 e. The molecular formula is C25H27FN8O2. The van der Waals surface area contributed by atoms with E-state index in [1.807, 2.05) is 27.7 Å². The number of ether oxygens (including phenoxy) is 1. The summed E-state index contributed by atoms with van der Waals surface area (Å²) in [6, 6.07) is 8.05. The fourth-order valence-electron chi connectivity index (χ4n) is 4.12. The van der Waals surface area contributed by atoms with Crippen molar-refractivity contribution in [2.75, 3.05) is 5.32 Å². The van der Waals surface area contributed by atoms with E-state index in [1.165, 1.54) is 18.5 Å². The standard InChI is InChI=1S/C25H27FN8O2/c1-5-18-22(15-6-8-17(26)9-7-15)31-32-23(18)30-20-10-21(28-14-27-20)34-19-13-33(12-16(19)11-29-34)24(35)36-25(2,3)4/h6-11,14H,5,12-13H2,1-4H3,(H2,27,28,30,31,32). The highest BCUT2D eigenvalue weighted by atomic mass is 19.1. The molecule has 36 heavy (non-hydrogen) atoms. The molecular weight excluding hydrogens is 463 g/mol. The summed E-state index contributed by atoms with van der Waals surface area (Å²) in [4.78, 5) is 22.9. The molecule has 0 saturated carbocycles. The first kappa shape index (κ1) is 23.5. The van der Waals surface area contributed by atoms with Crippen molar-refractivity contribution in [3.05, 3.63) is 65.5 Å². The van der Waals surface area contributed by atoms with Gasteiger partial charge in [0.15, 0.2) is 11.6 Å². The number of nitrogens with zero attached hydrogens (tertiary/aromatic N) is 6. The maximum Gasteiger partial charge on any atom is 0.410 e. The number of hydrogen-bond acceptors (Lipinski definition) is 7. The number of H-pyrrole nitrogens is 1. The minimum atomic E-state index is -0.564. The predicted octanol–water partition coefficient (Wildman–Crippen LogP) is 4.75. The van der Waals surface area contributed by atoms with E-state index in [2.05, 4.69) is 30.6 Å². The Hall–Kier alpha value is -4.28. The molecule has 1 aliphatic heterocycles. The number of rotatable bonds is 5. The van der Waals surface area contributed by atoms with Crippen molar-refractivity contribution in [3.63, 3.8) is 0 Å². The number of anilines is 2. The van der Waals surface area contributed by atoms with Gasteiger partial charge in [-0.05, 0) is 51.5 Å². The van der Waals surface area contributed by atoms with Crippen LogP contribution in [0.4, 0.5) is 20.8 Å². The van der Waals surface area contributed by atoms with Gasteiger partial charge < -0.3 is 10.1 Å². The molecule has 1 aliphatic rings. The van der Waals surface area contributed by atoms with Crippen LogP contribution in [0.5, 0.6) is 0 Å². The summed E-state index contributed by atoms with van der Waals surface area (Å²) < 4.78 is 20.6. The molecule has 0 aliphatic carbocycles. The molecule has 0 fully saturated rings. The summed E-state index contributed by atoms with van der Waals surface area (Å²) in [5, 5.41) is 15.2. The number of hydrogen-bond donors (Lipinski definition) is 2. The van der Waals surface area contributed by atoms with Crippen molar-refractivity contribution in [1.82, 2.24) is 34.8 Å². The lowest BCUT2D eigenvalue weighted by atomic mass is 10.1. The lowest BCUT2D eigenvalue weighted by Crippen LogP contribution is -2.33. The summed E-state index contributed by atoms with van der Waals surface area (Å²) in [5.74, 6) is 1.44. The normalized spacial score (nSPS) is 13.1. The van der Waals surface area contributed by atoms with Gasteiger partial charge in [0.1, 0.15) is 23.6 Å². The maximum atomic E-state index is 13.4. The zero-order chi connectivity index (χ0) is 25.4. The third kappa shape index (κ3) is 4.64. The Labute approximate surface area is 207 Å². The molecule has 0 bridgehead atoms. The lowest BCUT2D eigenvalue weighted by molar-refractivity contribution is 0.0239. The quantitative estimate of drug-likeness (QED) is 0.415. The second-order valence-electron chi connectivity index (χ2n) is 9.54. The van der Waals surface area contributed by atoms with Gasteiger partial charge in [0.05, 0.1) is 30.7 Å². The van der Waals surface area contributed by atoms with E-state index in [4.69, 9.17) is 4.74 Å². The van der Waals surface area contributed by atoms with Crippen LogP contribution in [-0.4, -0.2) is 46.5 Å². The average molecular weight is 491 g/mol. The third-order valence-electron chi connectivity index (χ3n) is 5.78. The molecule has 0 atom stereocenters. The molecule has 2 N–H and O–H groups in total. The monoisotopic (exact) mass is 490 g/mol. The molecule has 0 unspecified atom stereocenters. The van der Waals surface area contributed by atoms with Crippen molar-refractivity contribution in [2.45, 2.75) is 52.8 Å². The first-order chi connectivity index (χ1) is 17.2. The van der Waals surface area contributed by atoms with Crippen LogP contribution in [0.25, 0.3) is 17.1 Å². The number of nitrogens with one attached hydrogen (secondary N) is 2. The molecule has 0 radical (unpaired) electrons. The molecule has 1 aromatic carbocycles. The molecule has 1 amide bonds. The Morgan fingerprint density at radius 2 is 1.97 bits per heavy atom. The van der Waals surface area contributed by atoms with E-state index in [0.717, 1.165) is 28.1 Å². The topological polar surface area (TPSA) is 114 Å². The van der Waals surface area contributed by atoms with Gasteiger partial charge >= 0.3 is 6.09 Å². The molecule has 5 rings (SSSR count). The Balaban J connectivity index is 1.37. The summed E-state index contributed by atoms with van der Waals surface area (Å²) in [7, 11) is 0. The van der Waals surface area contributed by atoms with Crippen LogP contribution >= 0.6 is 0 Å². The number of fused-ring (bicyclic) bond motifs is 1. The van der Waals surface area contributed by atoms with Gasteiger partial charge in [-0.15, -0.1) is 0 Å². The highest BCUT2D eigenvalue weighted by molar-refractivity contribution is 5.71. The molecule has 4 aromatic rings. The number of carbonyl (C=O) groups is 1. The Morgan fingerprint density at radius 1 is 1.19 bits per heavy atom. The zero-order valence-electron chi connectivity index (χ0n) is 20.5. The summed E-state index contributed by atoms with van der Waals surface area (Å²) in [6.45, 7) is 8.36. The van der Waals surface area contributed by atoms with E-state index >= 15 is 0 Å². The molecule has 0 saturated heterocycles.